The minimum atomic E-state index is -0.122. The third kappa shape index (κ3) is 3.46. The van der Waals surface area contributed by atoms with Gasteiger partial charge in [0.25, 0.3) is 0 Å². The highest BCUT2D eigenvalue weighted by Crippen LogP contribution is 2.30. The van der Waals surface area contributed by atoms with Crippen molar-refractivity contribution in [2.45, 2.75) is 69.6 Å². The van der Waals surface area contributed by atoms with Crippen LogP contribution in [-0.2, 0) is 0 Å². The zero-order valence-electron chi connectivity index (χ0n) is 11.5. The molecular weight excluding hydrogens is 224 g/mol. The third-order valence-corrected chi connectivity index (χ3v) is 5.01. The smallest absolute Gasteiger partial charge is 0.0667 e. The van der Waals surface area contributed by atoms with Gasteiger partial charge in [-0.2, -0.15) is 0 Å². The molecule has 104 valence electrons. The van der Waals surface area contributed by atoms with Gasteiger partial charge in [0.2, 0.25) is 0 Å². The van der Waals surface area contributed by atoms with Crippen LogP contribution in [0.25, 0.3) is 0 Å². The summed E-state index contributed by atoms with van der Waals surface area (Å²) in [6.07, 6.45) is 10.4. The first-order chi connectivity index (χ1) is 8.81. The summed E-state index contributed by atoms with van der Waals surface area (Å²) in [6, 6.07) is 1.53. The van der Waals surface area contributed by atoms with Crippen molar-refractivity contribution >= 4 is 0 Å². The Kier molecular flexibility index (Phi) is 4.22. The predicted octanol–water partition coefficient (Wildman–Crippen LogP) is 1.75. The van der Waals surface area contributed by atoms with Gasteiger partial charge in [0.1, 0.15) is 0 Å². The SMILES string of the molecule is OC(CNC1CCN(C2CC2)C1)CC1CCCC1. The molecule has 2 unspecified atom stereocenters. The maximum atomic E-state index is 10.1. The van der Waals surface area contributed by atoms with Crippen LogP contribution >= 0.6 is 0 Å². The number of likely N-dealkylation sites (tertiary alicyclic amines) is 1. The summed E-state index contributed by atoms with van der Waals surface area (Å²) in [4.78, 5) is 2.63. The number of nitrogens with zero attached hydrogens (tertiary/aromatic N) is 1. The molecule has 3 rings (SSSR count). The second-order valence-electron chi connectivity index (χ2n) is 6.66. The van der Waals surface area contributed by atoms with E-state index in [1.807, 2.05) is 0 Å². The Balaban J connectivity index is 1.31. The van der Waals surface area contributed by atoms with E-state index in [1.54, 1.807) is 0 Å². The van der Waals surface area contributed by atoms with Gasteiger partial charge in [-0.25, -0.2) is 0 Å². The summed E-state index contributed by atoms with van der Waals surface area (Å²) in [6.45, 7) is 3.28. The molecule has 3 fully saturated rings. The Labute approximate surface area is 111 Å². The zero-order chi connectivity index (χ0) is 12.4. The summed E-state index contributed by atoms with van der Waals surface area (Å²) in [5.74, 6) is 0.799. The second kappa shape index (κ2) is 5.89. The average molecular weight is 252 g/mol. The molecular formula is C15H28N2O. The summed E-state index contributed by atoms with van der Waals surface area (Å²) in [5, 5.41) is 13.7. The van der Waals surface area contributed by atoms with Crippen molar-refractivity contribution in [3.63, 3.8) is 0 Å². The minimum Gasteiger partial charge on any atom is -0.392 e. The molecule has 1 saturated heterocycles. The Morgan fingerprint density at radius 1 is 1.11 bits per heavy atom. The molecule has 2 N–H and O–H groups in total. The molecule has 3 nitrogen and oxygen atoms in total. The molecule has 0 bridgehead atoms. The van der Waals surface area contributed by atoms with E-state index in [4.69, 9.17) is 0 Å². The van der Waals surface area contributed by atoms with E-state index in [9.17, 15) is 5.11 Å². The summed E-state index contributed by atoms with van der Waals surface area (Å²) >= 11 is 0. The Hall–Kier alpha value is -0.120. The lowest BCUT2D eigenvalue weighted by atomic mass is 10.00. The average Bonchev–Trinajstić information content (AvgIpc) is 2.90. The van der Waals surface area contributed by atoms with Gasteiger partial charge in [0.15, 0.2) is 0 Å². The number of aliphatic hydroxyl groups is 1. The van der Waals surface area contributed by atoms with Crippen molar-refractivity contribution < 1.29 is 5.11 Å². The fourth-order valence-electron chi connectivity index (χ4n) is 3.74. The van der Waals surface area contributed by atoms with Crippen LogP contribution in [0.4, 0.5) is 0 Å². The molecule has 0 aromatic carbocycles. The maximum Gasteiger partial charge on any atom is 0.0667 e. The van der Waals surface area contributed by atoms with Crippen LogP contribution in [0.3, 0.4) is 0 Å². The van der Waals surface area contributed by atoms with Crippen LogP contribution in [0.2, 0.25) is 0 Å². The molecule has 2 aliphatic carbocycles. The Morgan fingerprint density at radius 3 is 2.61 bits per heavy atom. The summed E-state index contributed by atoms with van der Waals surface area (Å²) in [7, 11) is 0. The molecule has 0 aromatic rings. The lowest BCUT2D eigenvalue weighted by Crippen LogP contribution is -2.38. The van der Waals surface area contributed by atoms with Crippen molar-refractivity contribution in [3.05, 3.63) is 0 Å². The number of aliphatic hydroxyl groups excluding tert-OH is 1. The monoisotopic (exact) mass is 252 g/mol. The molecule has 18 heavy (non-hydrogen) atoms. The first-order valence-electron chi connectivity index (χ1n) is 7.97. The van der Waals surface area contributed by atoms with E-state index in [1.165, 1.54) is 58.0 Å². The summed E-state index contributed by atoms with van der Waals surface area (Å²) in [5.41, 5.74) is 0. The van der Waals surface area contributed by atoms with Crippen LogP contribution in [0, 0.1) is 5.92 Å². The normalized spacial score (nSPS) is 32.2. The van der Waals surface area contributed by atoms with E-state index in [2.05, 4.69) is 10.2 Å². The highest BCUT2D eigenvalue weighted by Gasteiger charge is 2.34. The third-order valence-electron chi connectivity index (χ3n) is 5.01. The van der Waals surface area contributed by atoms with E-state index >= 15 is 0 Å². The highest BCUT2D eigenvalue weighted by atomic mass is 16.3. The molecule has 0 spiro atoms. The fourth-order valence-corrected chi connectivity index (χ4v) is 3.74. The highest BCUT2D eigenvalue weighted by molar-refractivity contribution is 4.92. The number of hydrogen-bond acceptors (Lipinski definition) is 3. The van der Waals surface area contributed by atoms with Crippen LogP contribution in [0.1, 0.15) is 51.4 Å². The zero-order valence-corrected chi connectivity index (χ0v) is 11.5. The first kappa shape index (κ1) is 12.9. The molecule has 0 aromatic heterocycles. The van der Waals surface area contributed by atoms with Crippen molar-refractivity contribution in [1.29, 1.82) is 0 Å². The van der Waals surface area contributed by atoms with Gasteiger partial charge in [-0.15, -0.1) is 0 Å². The molecule has 2 saturated carbocycles. The van der Waals surface area contributed by atoms with E-state index < -0.39 is 0 Å². The van der Waals surface area contributed by atoms with Crippen molar-refractivity contribution in [1.82, 2.24) is 10.2 Å². The van der Waals surface area contributed by atoms with Gasteiger partial charge in [0.05, 0.1) is 6.10 Å². The molecule has 0 radical (unpaired) electrons. The van der Waals surface area contributed by atoms with Gasteiger partial charge >= 0.3 is 0 Å². The number of rotatable bonds is 6. The summed E-state index contributed by atoms with van der Waals surface area (Å²) < 4.78 is 0. The lowest BCUT2D eigenvalue weighted by Gasteiger charge is -2.19. The largest absolute Gasteiger partial charge is 0.392 e. The van der Waals surface area contributed by atoms with Gasteiger partial charge in [-0.3, -0.25) is 4.90 Å². The minimum absolute atomic E-state index is 0.122. The second-order valence-corrected chi connectivity index (χ2v) is 6.66. The lowest BCUT2D eigenvalue weighted by molar-refractivity contribution is 0.137. The van der Waals surface area contributed by atoms with E-state index in [-0.39, 0.29) is 6.10 Å². The number of nitrogens with one attached hydrogen (secondary N) is 1. The standard InChI is InChI=1S/C15H28N2O/c18-15(9-12-3-1-2-4-12)10-16-13-7-8-17(11-13)14-5-6-14/h12-16,18H,1-11H2. The first-order valence-corrected chi connectivity index (χ1v) is 7.97. The molecule has 3 aliphatic rings. The Bertz CT molecular complexity index is 261. The maximum absolute atomic E-state index is 10.1. The van der Waals surface area contributed by atoms with E-state index in [0.29, 0.717) is 6.04 Å². The van der Waals surface area contributed by atoms with Crippen molar-refractivity contribution in [2.24, 2.45) is 5.92 Å². The van der Waals surface area contributed by atoms with Crippen molar-refractivity contribution in [2.75, 3.05) is 19.6 Å². The molecule has 3 heteroatoms. The van der Waals surface area contributed by atoms with E-state index in [0.717, 1.165) is 24.9 Å². The van der Waals surface area contributed by atoms with Crippen LogP contribution < -0.4 is 5.32 Å². The number of hydrogen-bond donors (Lipinski definition) is 2. The molecule has 1 aliphatic heterocycles. The predicted molar refractivity (Wildman–Crippen MR) is 73.6 cm³/mol. The van der Waals surface area contributed by atoms with Gasteiger partial charge in [0, 0.05) is 31.7 Å². The van der Waals surface area contributed by atoms with Crippen LogP contribution in [0.15, 0.2) is 0 Å². The molecule has 2 atom stereocenters. The molecule has 0 amide bonds. The van der Waals surface area contributed by atoms with Gasteiger partial charge in [-0.05, 0) is 31.6 Å². The van der Waals surface area contributed by atoms with Crippen molar-refractivity contribution in [3.8, 4) is 0 Å². The topological polar surface area (TPSA) is 35.5 Å². The van der Waals surface area contributed by atoms with Crippen LogP contribution in [-0.4, -0.2) is 47.8 Å². The van der Waals surface area contributed by atoms with Crippen LogP contribution in [0.5, 0.6) is 0 Å². The Morgan fingerprint density at radius 2 is 1.89 bits per heavy atom. The fraction of sp³-hybridized carbons (Fsp3) is 1.00. The molecule has 1 heterocycles. The van der Waals surface area contributed by atoms with Gasteiger partial charge in [-0.1, -0.05) is 25.7 Å². The van der Waals surface area contributed by atoms with Gasteiger partial charge < -0.3 is 10.4 Å². The quantitative estimate of drug-likeness (QED) is 0.756.